The Bertz CT molecular complexity index is 648. The number of rotatable bonds is 1. The first-order valence-electron chi connectivity index (χ1n) is 6.60. The molecular formula is C15H14O6. The summed E-state index contributed by atoms with van der Waals surface area (Å²) in [5, 5.41) is 29.4. The Balaban J connectivity index is 1.91. The van der Waals surface area contributed by atoms with Gasteiger partial charge in [0.1, 0.15) is 23.4 Å². The van der Waals surface area contributed by atoms with E-state index in [-0.39, 0.29) is 30.1 Å². The molecule has 3 rings (SSSR count). The molecule has 0 spiro atoms. The van der Waals surface area contributed by atoms with Gasteiger partial charge in [-0.05, 0) is 6.08 Å². The number of benzene rings is 1. The molecule has 3 N–H and O–H groups in total. The lowest BCUT2D eigenvalue weighted by Crippen LogP contribution is -2.44. The Morgan fingerprint density at radius 3 is 2.62 bits per heavy atom. The molecule has 3 atom stereocenters. The van der Waals surface area contributed by atoms with Crippen molar-refractivity contribution in [2.75, 3.05) is 0 Å². The van der Waals surface area contributed by atoms with Crippen LogP contribution in [0.1, 0.15) is 12.0 Å². The Labute approximate surface area is 120 Å². The van der Waals surface area contributed by atoms with Crippen LogP contribution in [0.15, 0.2) is 24.3 Å². The molecule has 110 valence electrons. The van der Waals surface area contributed by atoms with E-state index in [2.05, 4.69) is 0 Å². The second kappa shape index (κ2) is 4.89. The zero-order valence-corrected chi connectivity index (χ0v) is 11.0. The topological polar surface area (TPSA) is 104 Å². The predicted octanol–water partition coefficient (Wildman–Crippen LogP) is 0.476. The molecule has 1 aromatic carbocycles. The zero-order chi connectivity index (χ0) is 15.1. The van der Waals surface area contributed by atoms with Crippen LogP contribution in [-0.2, 0) is 16.0 Å². The number of ether oxygens (including phenoxy) is 1. The van der Waals surface area contributed by atoms with Gasteiger partial charge in [0.05, 0.1) is 6.10 Å². The quantitative estimate of drug-likeness (QED) is 0.650. The van der Waals surface area contributed by atoms with Crippen molar-refractivity contribution in [1.82, 2.24) is 0 Å². The summed E-state index contributed by atoms with van der Waals surface area (Å²) in [5.74, 6) is -1.49. The van der Waals surface area contributed by atoms with Crippen LogP contribution in [-0.4, -0.2) is 39.1 Å². The van der Waals surface area contributed by atoms with Gasteiger partial charge in [-0.1, -0.05) is 6.08 Å². The highest BCUT2D eigenvalue weighted by Gasteiger charge is 2.38. The summed E-state index contributed by atoms with van der Waals surface area (Å²) in [6.45, 7) is 0. The lowest BCUT2D eigenvalue weighted by atomic mass is 9.84. The summed E-state index contributed by atoms with van der Waals surface area (Å²) in [6, 6.07) is 2.53. The van der Waals surface area contributed by atoms with E-state index in [1.165, 1.54) is 18.2 Å². The van der Waals surface area contributed by atoms with Crippen molar-refractivity contribution < 1.29 is 29.6 Å². The van der Waals surface area contributed by atoms with Crippen molar-refractivity contribution in [3.63, 3.8) is 0 Å². The summed E-state index contributed by atoms with van der Waals surface area (Å²) >= 11 is 0. The van der Waals surface area contributed by atoms with Gasteiger partial charge >= 0.3 is 0 Å². The van der Waals surface area contributed by atoms with Crippen molar-refractivity contribution in [1.29, 1.82) is 0 Å². The third-order valence-corrected chi connectivity index (χ3v) is 3.84. The highest BCUT2D eigenvalue weighted by Crippen LogP contribution is 2.40. The van der Waals surface area contributed by atoms with E-state index in [1.807, 2.05) is 0 Å². The first-order chi connectivity index (χ1) is 9.95. The first-order valence-corrected chi connectivity index (χ1v) is 6.60. The largest absolute Gasteiger partial charge is 0.508 e. The number of aliphatic hydroxyl groups excluding tert-OH is 1. The minimum atomic E-state index is -0.913. The molecule has 0 saturated heterocycles. The van der Waals surface area contributed by atoms with Crippen LogP contribution in [0.2, 0.25) is 0 Å². The third kappa shape index (κ3) is 2.38. The SMILES string of the molecule is O=C1C=C[C@@H]([C@H]2Oc3cc(O)cc(O)c3C[C@H]2O)CC1=O. The number of carbonyl (C=O) groups is 2. The fourth-order valence-corrected chi connectivity index (χ4v) is 2.76. The van der Waals surface area contributed by atoms with Gasteiger partial charge in [0, 0.05) is 36.5 Å². The van der Waals surface area contributed by atoms with E-state index >= 15 is 0 Å². The molecule has 1 heterocycles. The molecule has 1 aromatic rings. The van der Waals surface area contributed by atoms with Crippen LogP contribution in [0, 0.1) is 5.92 Å². The standard InChI is InChI=1S/C15H14O6/c16-8-4-11(18)9-6-13(20)15(21-14(9)5-8)7-1-2-10(17)12(19)3-7/h1-2,4-5,7,13,15-16,18,20H,3,6H2/t7-,13-,15-/m1/s1. The van der Waals surface area contributed by atoms with E-state index in [9.17, 15) is 24.9 Å². The molecule has 0 unspecified atom stereocenters. The number of fused-ring (bicyclic) bond motifs is 1. The number of Topliss-reactive ketones (excluding diaryl/α,β-unsaturated/α-hetero) is 1. The van der Waals surface area contributed by atoms with Gasteiger partial charge < -0.3 is 20.1 Å². The Hall–Kier alpha value is -2.34. The van der Waals surface area contributed by atoms with E-state index in [0.717, 1.165) is 0 Å². The minimum absolute atomic E-state index is 0.0167. The molecule has 0 aromatic heterocycles. The molecule has 0 saturated carbocycles. The summed E-state index contributed by atoms with van der Waals surface area (Å²) in [4.78, 5) is 22.7. The summed E-state index contributed by atoms with van der Waals surface area (Å²) in [5.41, 5.74) is 0.416. The van der Waals surface area contributed by atoms with Crippen molar-refractivity contribution in [2.45, 2.75) is 25.0 Å². The maximum Gasteiger partial charge on any atom is 0.221 e. The molecular weight excluding hydrogens is 276 g/mol. The molecule has 1 aliphatic carbocycles. The normalized spacial score (nSPS) is 28.1. The molecule has 6 heteroatoms. The van der Waals surface area contributed by atoms with Crippen LogP contribution in [0.25, 0.3) is 0 Å². The molecule has 0 fully saturated rings. The Kier molecular flexibility index (Phi) is 3.17. The molecule has 1 aliphatic heterocycles. The number of hydrogen-bond acceptors (Lipinski definition) is 6. The van der Waals surface area contributed by atoms with Crippen LogP contribution < -0.4 is 4.74 Å². The minimum Gasteiger partial charge on any atom is -0.508 e. The fraction of sp³-hybridized carbons (Fsp3) is 0.333. The van der Waals surface area contributed by atoms with Gasteiger partial charge in [0.15, 0.2) is 0 Å². The maximum atomic E-state index is 11.5. The second-order valence-electron chi connectivity index (χ2n) is 5.31. The van der Waals surface area contributed by atoms with Gasteiger partial charge in [0.2, 0.25) is 11.6 Å². The number of carbonyl (C=O) groups excluding carboxylic acids is 2. The number of phenols is 2. The van der Waals surface area contributed by atoms with Crippen molar-refractivity contribution in [3.8, 4) is 17.2 Å². The van der Waals surface area contributed by atoms with Gasteiger partial charge in [-0.3, -0.25) is 9.59 Å². The fourth-order valence-electron chi connectivity index (χ4n) is 2.76. The number of ketones is 2. The third-order valence-electron chi connectivity index (χ3n) is 3.84. The Morgan fingerprint density at radius 2 is 1.90 bits per heavy atom. The molecule has 6 nitrogen and oxygen atoms in total. The van der Waals surface area contributed by atoms with E-state index in [0.29, 0.717) is 5.56 Å². The summed E-state index contributed by atoms with van der Waals surface area (Å²) < 4.78 is 5.64. The van der Waals surface area contributed by atoms with Crippen molar-refractivity contribution >= 4 is 11.6 Å². The molecule has 0 bridgehead atoms. The number of aliphatic hydroxyl groups is 1. The molecule has 21 heavy (non-hydrogen) atoms. The average molecular weight is 290 g/mol. The number of hydrogen-bond donors (Lipinski definition) is 3. The molecule has 0 amide bonds. The second-order valence-corrected chi connectivity index (χ2v) is 5.31. The van der Waals surface area contributed by atoms with Crippen LogP contribution >= 0.6 is 0 Å². The van der Waals surface area contributed by atoms with Crippen LogP contribution in [0.3, 0.4) is 0 Å². The number of aromatic hydroxyl groups is 2. The first kappa shape index (κ1) is 13.6. The molecule has 2 aliphatic rings. The van der Waals surface area contributed by atoms with Gasteiger partial charge in [-0.25, -0.2) is 0 Å². The lowest BCUT2D eigenvalue weighted by Gasteiger charge is -2.35. The smallest absolute Gasteiger partial charge is 0.221 e. The molecule has 0 radical (unpaired) electrons. The zero-order valence-electron chi connectivity index (χ0n) is 11.0. The van der Waals surface area contributed by atoms with Gasteiger partial charge in [-0.15, -0.1) is 0 Å². The predicted molar refractivity (Wildman–Crippen MR) is 71.2 cm³/mol. The number of phenolic OH excluding ortho intramolecular Hbond substituents is 2. The van der Waals surface area contributed by atoms with Gasteiger partial charge in [0.25, 0.3) is 0 Å². The summed E-state index contributed by atoms with van der Waals surface area (Å²) in [6.07, 6.45) is 1.28. The number of allylic oxidation sites excluding steroid dienone is 1. The van der Waals surface area contributed by atoms with E-state index in [4.69, 9.17) is 4.74 Å². The lowest BCUT2D eigenvalue weighted by molar-refractivity contribution is -0.135. The summed E-state index contributed by atoms with van der Waals surface area (Å²) in [7, 11) is 0. The monoisotopic (exact) mass is 290 g/mol. The van der Waals surface area contributed by atoms with Gasteiger partial charge in [-0.2, -0.15) is 0 Å². The van der Waals surface area contributed by atoms with Crippen molar-refractivity contribution in [2.24, 2.45) is 5.92 Å². The van der Waals surface area contributed by atoms with E-state index < -0.39 is 29.7 Å². The Morgan fingerprint density at radius 1 is 1.14 bits per heavy atom. The maximum absolute atomic E-state index is 11.5. The highest BCUT2D eigenvalue weighted by molar-refractivity contribution is 6.42. The van der Waals surface area contributed by atoms with Crippen molar-refractivity contribution in [3.05, 3.63) is 29.8 Å². The van der Waals surface area contributed by atoms with Crippen LogP contribution in [0.4, 0.5) is 0 Å². The van der Waals surface area contributed by atoms with Crippen LogP contribution in [0.5, 0.6) is 17.2 Å². The highest BCUT2D eigenvalue weighted by atomic mass is 16.5. The average Bonchev–Trinajstić information content (AvgIpc) is 2.42. The van der Waals surface area contributed by atoms with E-state index in [1.54, 1.807) is 6.08 Å².